The Kier molecular flexibility index (Phi) is 5.95. The summed E-state index contributed by atoms with van der Waals surface area (Å²) < 4.78 is 0. The minimum atomic E-state index is 0.632. The van der Waals surface area contributed by atoms with Crippen LogP contribution < -0.4 is 0 Å². The van der Waals surface area contributed by atoms with E-state index in [4.69, 9.17) is 4.98 Å². The summed E-state index contributed by atoms with van der Waals surface area (Å²) in [5.74, 6) is 0.957. The molecule has 0 fully saturated rings. The van der Waals surface area contributed by atoms with Crippen LogP contribution in [-0.2, 0) is 19.4 Å². The summed E-state index contributed by atoms with van der Waals surface area (Å²) in [4.78, 5) is 13.4. The van der Waals surface area contributed by atoms with Crippen molar-refractivity contribution in [3.8, 4) is 0 Å². The first-order valence-corrected chi connectivity index (χ1v) is 8.30. The van der Waals surface area contributed by atoms with Crippen LogP contribution in [0.15, 0.2) is 40.7 Å². The fourth-order valence-corrected chi connectivity index (χ4v) is 3.06. The van der Waals surface area contributed by atoms with Crippen LogP contribution in [0, 0.1) is 0 Å². The Morgan fingerprint density at radius 2 is 1.73 bits per heavy atom. The van der Waals surface area contributed by atoms with E-state index in [2.05, 4.69) is 40.7 Å². The van der Waals surface area contributed by atoms with Crippen molar-refractivity contribution in [2.75, 3.05) is 28.2 Å². The van der Waals surface area contributed by atoms with Gasteiger partial charge in [0, 0.05) is 40.0 Å². The molecule has 1 aromatic heterocycles. The van der Waals surface area contributed by atoms with Gasteiger partial charge in [0.15, 0.2) is 5.96 Å². The number of hydrogen-bond donors (Lipinski definition) is 0. The van der Waals surface area contributed by atoms with E-state index in [-0.39, 0.29) is 0 Å². The minimum absolute atomic E-state index is 0.632. The van der Waals surface area contributed by atoms with Crippen LogP contribution in [0.3, 0.4) is 0 Å². The fraction of sp³-hybridized carbons (Fsp3) is 0.412. The van der Waals surface area contributed by atoms with Gasteiger partial charge in [0.2, 0.25) is 0 Å². The van der Waals surface area contributed by atoms with Gasteiger partial charge in [-0.05, 0) is 12.0 Å². The molecule has 0 aliphatic heterocycles. The Morgan fingerprint density at radius 3 is 2.36 bits per heavy atom. The van der Waals surface area contributed by atoms with Gasteiger partial charge >= 0.3 is 0 Å². The van der Waals surface area contributed by atoms with E-state index in [1.165, 1.54) is 10.6 Å². The highest BCUT2D eigenvalue weighted by molar-refractivity contribution is 7.09. The van der Waals surface area contributed by atoms with Crippen molar-refractivity contribution in [3.63, 3.8) is 0 Å². The maximum Gasteiger partial charge on any atom is 0.195 e. The number of guanidine groups is 1. The molecule has 5 heteroatoms. The number of nitrogens with zero attached hydrogens (tertiary/aromatic N) is 4. The number of hydrogen-bond acceptors (Lipinski definition) is 3. The number of rotatable bonds is 5. The molecule has 0 aliphatic carbocycles. The first-order chi connectivity index (χ1) is 10.6. The average Bonchev–Trinajstić information content (AvgIpc) is 2.93. The summed E-state index contributed by atoms with van der Waals surface area (Å²) in [5.41, 5.74) is 2.41. The molecule has 2 rings (SSSR count). The number of aliphatic imine (C=N–C) groups is 1. The van der Waals surface area contributed by atoms with E-state index >= 15 is 0 Å². The number of aryl methyl sites for hydroxylation is 2. The molecule has 1 aromatic carbocycles. The van der Waals surface area contributed by atoms with E-state index in [0.29, 0.717) is 6.54 Å². The summed E-state index contributed by atoms with van der Waals surface area (Å²) in [6.45, 7) is 0.632. The first-order valence-electron chi connectivity index (χ1n) is 7.42. The van der Waals surface area contributed by atoms with E-state index in [1.807, 2.05) is 38.0 Å². The molecule has 0 saturated carbocycles. The van der Waals surface area contributed by atoms with Gasteiger partial charge in [-0.25, -0.2) is 9.98 Å². The normalized spacial score (nSPS) is 10.4. The van der Waals surface area contributed by atoms with Crippen molar-refractivity contribution in [1.82, 2.24) is 14.8 Å². The Bertz CT molecular complexity index is 592. The summed E-state index contributed by atoms with van der Waals surface area (Å²) in [5, 5.41) is 3.30. The van der Waals surface area contributed by atoms with Gasteiger partial charge in [-0.3, -0.25) is 0 Å². The molecule has 0 atom stereocenters. The first kappa shape index (κ1) is 16.5. The lowest BCUT2D eigenvalue weighted by atomic mass is 10.1. The zero-order valence-electron chi connectivity index (χ0n) is 13.8. The number of benzene rings is 1. The zero-order chi connectivity index (χ0) is 15.9. The molecule has 0 amide bonds. The molecular formula is C17H24N4S. The van der Waals surface area contributed by atoms with Crippen molar-refractivity contribution in [1.29, 1.82) is 0 Å². The van der Waals surface area contributed by atoms with Crippen LogP contribution in [-0.4, -0.2) is 48.9 Å². The summed E-state index contributed by atoms with van der Waals surface area (Å²) >= 11 is 1.73. The predicted octanol–water partition coefficient (Wildman–Crippen LogP) is 2.91. The Morgan fingerprint density at radius 1 is 1.05 bits per heavy atom. The van der Waals surface area contributed by atoms with Gasteiger partial charge in [0.05, 0.1) is 17.2 Å². The van der Waals surface area contributed by atoms with Crippen LogP contribution in [0.5, 0.6) is 0 Å². The van der Waals surface area contributed by atoms with Gasteiger partial charge in [-0.1, -0.05) is 30.3 Å². The lowest BCUT2D eigenvalue weighted by Gasteiger charge is -2.22. The summed E-state index contributed by atoms with van der Waals surface area (Å²) in [7, 11) is 8.02. The van der Waals surface area contributed by atoms with Crippen molar-refractivity contribution in [3.05, 3.63) is 52.0 Å². The Hall–Kier alpha value is -1.88. The zero-order valence-corrected chi connectivity index (χ0v) is 14.6. The third kappa shape index (κ3) is 4.84. The lowest BCUT2D eigenvalue weighted by molar-refractivity contribution is 0.479. The predicted molar refractivity (Wildman–Crippen MR) is 94.5 cm³/mol. The van der Waals surface area contributed by atoms with E-state index in [0.717, 1.165) is 24.5 Å². The maximum atomic E-state index is 4.69. The fourth-order valence-electron chi connectivity index (χ4n) is 2.27. The molecule has 2 aromatic rings. The maximum absolute atomic E-state index is 4.69. The standard InChI is InChI=1S/C17H24N4S/c1-20(2)17(21(3)4)18-12-15-13-22-16(19-15)11-10-14-8-6-5-7-9-14/h5-9,13H,10-12H2,1-4H3. The molecule has 4 nitrogen and oxygen atoms in total. The van der Waals surface area contributed by atoms with Crippen LogP contribution >= 0.6 is 11.3 Å². The van der Waals surface area contributed by atoms with E-state index < -0.39 is 0 Å². The highest BCUT2D eigenvalue weighted by Crippen LogP contribution is 2.14. The largest absolute Gasteiger partial charge is 0.349 e. The summed E-state index contributed by atoms with van der Waals surface area (Å²) in [6.07, 6.45) is 2.03. The topological polar surface area (TPSA) is 31.7 Å². The van der Waals surface area contributed by atoms with Crippen molar-refractivity contribution < 1.29 is 0 Å². The SMILES string of the molecule is CN(C)C(=NCc1csc(CCc2ccccc2)n1)N(C)C. The van der Waals surface area contributed by atoms with Crippen molar-refractivity contribution in [2.45, 2.75) is 19.4 Å². The highest BCUT2D eigenvalue weighted by atomic mass is 32.1. The van der Waals surface area contributed by atoms with Crippen LogP contribution in [0.1, 0.15) is 16.3 Å². The van der Waals surface area contributed by atoms with Crippen LogP contribution in [0.2, 0.25) is 0 Å². The molecule has 0 radical (unpaired) electrons. The monoisotopic (exact) mass is 316 g/mol. The molecule has 0 N–H and O–H groups in total. The van der Waals surface area contributed by atoms with E-state index in [1.54, 1.807) is 11.3 Å². The smallest absolute Gasteiger partial charge is 0.195 e. The second kappa shape index (κ2) is 7.94. The van der Waals surface area contributed by atoms with Gasteiger partial charge in [-0.15, -0.1) is 11.3 Å². The average molecular weight is 316 g/mol. The molecule has 0 saturated heterocycles. The minimum Gasteiger partial charge on any atom is -0.349 e. The van der Waals surface area contributed by atoms with Crippen molar-refractivity contribution >= 4 is 17.3 Å². The quantitative estimate of drug-likeness (QED) is 0.628. The molecule has 22 heavy (non-hydrogen) atoms. The molecule has 118 valence electrons. The molecule has 0 aliphatic rings. The molecule has 0 spiro atoms. The van der Waals surface area contributed by atoms with Gasteiger partial charge in [0.1, 0.15) is 0 Å². The van der Waals surface area contributed by atoms with Crippen molar-refractivity contribution in [2.24, 2.45) is 4.99 Å². The van der Waals surface area contributed by atoms with Gasteiger partial charge in [0.25, 0.3) is 0 Å². The van der Waals surface area contributed by atoms with Gasteiger partial charge in [-0.2, -0.15) is 0 Å². The Labute approximate surface area is 137 Å². The third-order valence-corrected chi connectivity index (χ3v) is 4.21. The summed E-state index contributed by atoms with van der Waals surface area (Å²) in [6, 6.07) is 10.6. The molecule has 0 bridgehead atoms. The third-order valence-electron chi connectivity index (χ3n) is 3.25. The van der Waals surface area contributed by atoms with Gasteiger partial charge < -0.3 is 9.80 Å². The van der Waals surface area contributed by atoms with Crippen LogP contribution in [0.25, 0.3) is 0 Å². The van der Waals surface area contributed by atoms with Crippen LogP contribution in [0.4, 0.5) is 0 Å². The molecule has 0 unspecified atom stereocenters. The highest BCUT2D eigenvalue weighted by Gasteiger charge is 2.06. The second-order valence-corrected chi connectivity index (χ2v) is 6.57. The molecular weight excluding hydrogens is 292 g/mol. The number of aromatic nitrogens is 1. The number of thiazole rings is 1. The molecule has 1 heterocycles. The lowest BCUT2D eigenvalue weighted by Crippen LogP contribution is -2.35. The van der Waals surface area contributed by atoms with E-state index in [9.17, 15) is 0 Å². The second-order valence-electron chi connectivity index (χ2n) is 5.62. The Balaban J connectivity index is 1.92.